The summed E-state index contributed by atoms with van der Waals surface area (Å²) in [4.78, 5) is 33.7. The minimum absolute atomic E-state index is 0.00193. The van der Waals surface area contributed by atoms with Crippen molar-refractivity contribution in [2.24, 2.45) is 0 Å². The van der Waals surface area contributed by atoms with Gasteiger partial charge < -0.3 is 57.7 Å². The Morgan fingerprint density at radius 3 is 2.23 bits per heavy atom. The first-order chi connectivity index (χ1) is 26.9. The van der Waals surface area contributed by atoms with Gasteiger partial charge in [0.05, 0.1) is 12.2 Å². The van der Waals surface area contributed by atoms with E-state index in [4.69, 9.17) is 38.0 Å². The minimum Gasteiger partial charge on any atom is -0.410 e. The molecule has 17 heteroatoms. The summed E-state index contributed by atoms with van der Waals surface area (Å²) in [7, 11) is 2.86. The molecule has 314 valence electrons. The van der Waals surface area contributed by atoms with Gasteiger partial charge in [0.1, 0.15) is 11.9 Å². The number of nitrogen functional groups attached to an aromatic ring is 2. The monoisotopic (exact) mass is 806 g/mol. The first-order valence-corrected chi connectivity index (χ1v) is 19.2. The molecule has 3 rings (SSSR count). The van der Waals surface area contributed by atoms with Gasteiger partial charge in [-0.15, -0.1) is 0 Å². The van der Waals surface area contributed by atoms with Crippen LogP contribution in [0, 0.1) is 6.92 Å². The van der Waals surface area contributed by atoms with Crippen molar-refractivity contribution < 1.29 is 39.9 Å². The Kier molecular flexibility index (Phi) is 26.0. The number of hydrogen-bond acceptors (Lipinski definition) is 14. The fourth-order valence-electron chi connectivity index (χ4n) is 5.39. The lowest BCUT2D eigenvalue weighted by Gasteiger charge is -2.29. The SMILES string of the molecule is CCCCCCN(CCNC(=O)Oc1ccc(CNC)cc1)CC(O)C(O)C(O)CCO.CO.Cc1ccccc1CCCNC(=O)c1nc(Cl)c(N)nc1N. The normalized spacial score (nSPS) is 12.3. The number of amides is 2. The molecule has 0 aliphatic heterocycles. The standard InChI is InChI=1S/C23H41N3O6.C15H18ClN5O.CH4O/c1-3-4-5-6-13-26(17-21(29)22(30)20(28)11-15-27)14-12-25-23(31)32-19-9-7-18(8-10-19)16-24-2;1-9-5-2-3-6-10(9)7-4-8-19-15(22)11-13(17)21-14(18)12(16)20-11;1-2/h7-10,20-22,24,27-30H,3-6,11-17H2,1-2H3,(H,25,31);2-3,5-6H,4,7-8H2,1H3,(H,19,22)(H4,17,18,21);2H,1H3. The third-order valence-electron chi connectivity index (χ3n) is 8.49. The van der Waals surface area contributed by atoms with Crippen LogP contribution in [-0.4, -0.2) is 124 Å². The number of aromatic nitrogens is 2. The van der Waals surface area contributed by atoms with Crippen LogP contribution in [0.4, 0.5) is 16.4 Å². The molecule has 0 radical (unpaired) electrons. The summed E-state index contributed by atoms with van der Waals surface area (Å²) in [6.07, 6.45) is 1.65. The van der Waals surface area contributed by atoms with E-state index in [1.807, 2.05) is 36.2 Å². The maximum absolute atomic E-state index is 12.1. The largest absolute Gasteiger partial charge is 0.412 e. The number of nitrogens with zero attached hydrogens (tertiary/aromatic N) is 3. The molecule has 0 aliphatic carbocycles. The maximum Gasteiger partial charge on any atom is 0.412 e. The first kappa shape index (κ1) is 49.9. The Bertz CT molecular complexity index is 1540. The molecule has 0 saturated heterocycles. The van der Waals surface area contributed by atoms with Gasteiger partial charge in [0.15, 0.2) is 22.5 Å². The third-order valence-corrected chi connectivity index (χ3v) is 8.77. The molecule has 2 amide bonds. The number of rotatable bonds is 22. The molecule has 2 aromatic carbocycles. The third kappa shape index (κ3) is 19.6. The summed E-state index contributed by atoms with van der Waals surface area (Å²) in [6.45, 7) is 6.80. The quantitative estimate of drug-likeness (QED) is 0.0655. The van der Waals surface area contributed by atoms with Crippen LogP contribution in [0.1, 0.15) is 72.6 Å². The minimum atomic E-state index is -1.34. The highest BCUT2D eigenvalue weighted by Gasteiger charge is 2.26. The van der Waals surface area contributed by atoms with Crippen molar-refractivity contribution in [1.82, 2.24) is 30.8 Å². The van der Waals surface area contributed by atoms with Gasteiger partial charge in [0.25, 0.3) is 5.91 Å². The van der Waals surface area contributed by atoms with Gasteiger partial charge in [-0.25, -0.2) is 14.8 Å². The molecule has 3 unspecified atom stereocenters. The van der Waals surface area contributed by atoms with Crippen molar-refractivity contribution in [2.75, 3.05) is 65.0 Å². The highest BCUT2D eigenvalue weighted by atomic mass is 35.5. The van der Waals surface area contributed by atoms with Gasteiger partial charge in [-0.2, -0.15) is 0 Å². The summed E-state index contributed by atoms with van der Waals surface area (Å²) in [5.41, 5.74) is 14.7. The summed E-state index contributed by atoms with van der Waals surface area (Å²) in [5, 5.41) is 54.6. The Hall–Kier alpha value is -4.13. The summed E-state index contributed by atoms with van der Waals surface area (Å²) >= 11 is 5.75. The average molecular weight is 807 g/mol. The van der Waals surface area contributed by atoms with E-state index in [1.165, 1.54) is 11.1 Å². The van der Waals surface area contributed by atoms with E-state index in [-0.39, 0.29) is 42.1 Å². The second-order valence-electron chi connectivity index (χ2n) is 12.9. The van der Waals surface area contributed by atoms with Gasteiger partial charge in [-0.1, -0.05) is 74.2 Å². The molecule has 3 atom stereocenters. The fraction of sp³-hybridized carbons (Fsp3) is 0.538. The predicted molar refractivity (Wildman–Crippen MR) is 219 cm³/mol. The number of carbonyl (C=O) groups is 2. The van der Waals surface area contributed by atoms with Crippen LogP contribution in [0.25, 0.3) is 0 Å². The molecule has 0 spiro atoms. The number of carbonyl (C=O) groups excluding carboxylic acids is 2. The lowest BCUT2D eigenvalue weighted by molar-refractivity contribution is -0.0746. The van der Waals surface area contributed by atoms with E-state index in [9.17, 15) is 24.9 Å². The lowest BCUT2D eigenvalue weighted by atomic mass is 10.0. The molecule has 3 aromatic rings. The van der Waals surface area contributed by atoms with Gasteiger partial charge in [0, 0.05) is 46.4 Å². The number of benzene rings is 2. The molecule has 56 heavy (non-hydrogen) atoms. The van der Waals surface area contributed by atoms with E-state index in [0.29, 0.717) is 31.9 Å². The van der Waals surface area contributed by atoms with Gasteiger partial charge in [-0.05, 0) is 75.0 Å². The number of unbranched alkanes of at least 4 members (excludes halogenated alkanes) is 3. The number of nitrogens with one attached hydrogen (secondary N) is 3. The zero-order valence-corrected chi connectivity index (χ0v) is 33.8. The van der Waals surface area contributed by atoms with Crippen LogP contribution in [0.2, 0.25) is 5.15 Å². The van der Waals surface area contributed by atoms with E-state index < -0.39 is 30.3 Å². The van der Waals surface area contributed by atoms with Crippen molar-refractivity contribution in [2.45, 2.75) is 83.6 Å². The number of halogens is 1. The van der Waals surface area contributed by atoms with Crippen LogP contribution < -0.4 is 32.2 Å². The van der Waals surface area contributed by atoms with Crippen molar-refractivity contribution in [3.8, 4) is 5.75 Å². The number of nitrogens with two attached hydrogens (primary N) is 2. The van der Waals surface area contributed by atoms with E-state index in [1.54, 1.807) is 12.1 Å². The Balaban J connectivity index is 0.000000568. The lowest BCUT2D eigenvalue weighted by Crippen LogP contribution is -2.47. The molecule has 0 saturated carbocycles. The predicted octanol–water partition coefficient (Wildman–Crippen LogP) is 2.42. The highest BCUT2D eigenvalue weighted by molar-refractivity contribution is 6.31. The van der Waals surface area contributed by atoms with Gasteiger partial charge >= 0.3 is 6.09 Å². The van der Waals surface area contributed by atoms with Crippen molar-refractivity contribution in [1.29, 1.82) is 0 Å². The number of aliphatic hydroxyl groups excluding tert-OH is 5. The van der Waals surface area contributed by atoms with Crippen LogP contribution in [-0.2, 0) is 13.0 Å². The first-order valence-electron chi connectivity index (χ1n) is 18.8. The zero-order valence-electron chi connectivity index (χ0n) is 33.1. The average Bonchev–Trinajstić information content (AvgIpc) is 3.18. The van der Waals surface area contributed by atoms with Crippen molar-refractivity contribution in [3.63, 3.8) is 0 Å². The number of anilines is 2. The van der Waals surface area contributed by atoms with Crippen molar-refractivity contribution >= 4 is 35.2 Å². The zero-order chi connectivity index (χ0) is 41.9. The summed E-state index contributed by atoms with van der Waals surface area (Å²) < 4.78 is 5.29. The summed E-state index contributed by atoms with van der Waals surface area (Å²) in [6, 6.07) is 15.4. The van der Waals surface area contributed by atoms with E-state index in [2.05, 4.69) is 51.9 Å². The number of hydrogen-bond donors (Lipinski definition) is 10. The molecular weight excluding hydrogens is 744 g/mol. The van der Waals surface area contributed by atoms with E-state index in [0.717, 1.165) is 57.7 Å². The fourth-order valence-corrected chi connectivity index (χ4v) is 5.52. The smallest absolute Gasteiger partial charge is 0.410 e. The Morgan fingerprint density at radius 1 is 0.893 bits per heavy atom. The van der Waals surface area contributed by atoms with Crippen LogP contribution >= 0.6 is 11.6 Å². The van der Waals surface area contributed by atoms with Crippen LogP contribution in [0.5, 0.6) is 5.75 Å². The van der Waals surface area contributed by atoms with E-state index >= 15 is 0 Å². The Labute approximate surface area is 335 Å². The Morgan fingerprint density at radius 2 is 1.59 bits per heavy atom. The molecule has 0 fully saturated rings. The number of aliphatic hydroxyl groups is 5. The molecule has 1 aromatic heterocycles. The molecule has 12 N–H and O–H groups in total. The van der Waals surface area contributed by atoms with Crippen LogP contribution in [0.3, 0.4) is 0 Å². The molecule has 0 aliphatic rings. The second kappa shape index (κ2) is 29.2. The number of aryl methyl sites for hydroxylation is 2. The molecule has 1 heterocycles. The van der Waals surface area contributed by atoms with Crippen LogP contribution in [0.15, 0.2) is 48.5 Å². The van der Waals surface area contributed by atoms with Crippen molar-refractivity contribution in [3.05, 3.63) is 76.1 Å². The van der Waals surface area contributed by atoms with Gasteiger partial charge in [0.2, 0.25) is 0 Å². The topological polar surface area (TPSA) is 262 Å². The maximum atomic E-state index is 12.1. The highest BCUT2D eigenvalue weighted by Crippen LogP contribution is 2.17. The van der Waals surface area contributed by atoms with Gasteiger partial charge in [-0.3, -0.25) is 9.69 Å². The molecule has 16 nitrogen and oxygen atoms in total. The molecule has 0 bridgehead atoms. The second-order valence-corrected chi connectivity index (χ2v) is 13.3. The summed E-state index contributed by atoms with van der Waals surface area (Å²) in [5.74, 6) is 0.0282. The number of ether oxygens (including phenoxy) is 1. The molecular formula is C39H63ClN8O8.